The smallest absolute Gasteiger partial charge is 0.160 e. The normalized spacial score (nSPS) is 14.0. The fourth-order valence-electron chi connectivity index (χ4n) is 9.13. The minimum atomic E-state index is -0.0489. The van der Waals surface area contributed by atoms with Gasteiger partial charge in [-0.2, -0.15) is 0 Å². The van der Waals surface area contributed by atoms with Crippen LogP contribution in [0.1, 0.15) is 37.8 Å². The average molecular weight is 692 g/mol. The van der Waals surface area contributed by atoms with Gasteiger partial charge in [-0.05, 0) is 99.5 Å². The quantitative estimate of drug-likeness (QED) is 0.184. The van der Waals surface area contributed by atoms with E-state index in [0.717, 1.165) is 51.7 Å². The Kier molecular flexibility index (Phi) is 6.72. The van der Waals surface area contributed by atoms with Crippen molar-refractivity contribution in [2.45, 2.75) is 32.1 Å². The van der Waals surface area contributed by atoms with Crippen molar-refractivity contribution in [2.24, 2.45) is 0 Å². The number of nitrogens with zero attached hydrogens (tertiary/aromatic N) is 3. The molecule has 0 amide bonds. The molecule has 256 valence electrons. The van der Waals surface area contributed by atoms with Gasteiger partial charge in [0.2, 0.25) is 0 Å². The molecule has 0 fully saturated rings. The first-order valence-corrected chi connectivity index (χ1v) is 19.0. The number of benzene rings is 7. The highest BCUT2D eigenvalue weighted by molar-refractivity contribution is 6.11. The van der Waals surface area contributed by atoms with Crippen LogP contribution < -0.4 is 10.6 Å². The van der Waals surface area contributed by atoms with E-state index < -0.39 is 0 Å². The molecular formula is C51H37N3. The first-order valence-electron chi connectivity index (χ1n) is 19.0. The number of rotatable bonds is 4. The van der Waals surface area contributed by atoms with Gasteiger partial charge >= 0.3 is 0 Å². The first kappa shape index (κ1) is 31.0. The Hall–Kier alpha value is -6.58. The third-order valence-electron chi connectivity index (χ3n) is 11.8. The van der Waals surface area contributed by atoms with Crippen LogP contribution in [0.5, 0.6) is 0 Å². The lowest BCUT2D eigenvalue weighted by molar-refractivity contribution is 0.661. The summed E-state index contributed by atoms with van der Waals surface area (Å²) >= 11 is 0. The lowest BCUT2D eigenvalue weighted by atomic mass is 9.82. The van der Waals surface area contributed by atoms with Crippen LogP contribution in [0.4, 0.5) is 0 Å². The SMILES string of the molecule is CC1(C)c2ccccc2-c2cc3c(cc21)c1ccccc1n3-c1ccc(-c2nc(-c3ccc(-c4cccc5ccccc45)cc3)c3c(n2)=CCCC=3)cc1. The van der Waals surface area contributed by atoms with Crippen molar-refractivity contribution in [2.75, 3.05) is 0 Å². The lowest BCUT2D eigenvalue weighted by Crippen LogP contribution is -2.33. The zero-order valence-corrected chi connectivity index (χ0v) is 30.3. The lowest BCUT2D eigenvalue weighted by Gasteiger charge is -2.21. The molecule has 0 aliphatic heterocycles. The van der Waals surface area contributed by atoms with Gasteiger partial charge in [0, 0.05) is 38.2 Å². The third-order valence-corrected chi connectivity index (χ3v) is 11.8. The van der Waals surface area contributed by atoms with E-state index in [0.29, 0.717) is 0 Å². The Morgan fingerprint density at radius 3 is 2.06 bits per heavy atom. The largest absolute Gasteiger partial charge is 0.309 e. The maximum absolute atomic E-state index is 5.28. The molecule has 2 aliphatic carbocycles. The van der Waals surface area contributed by atoms with Crippen molar-refractivity contribution in [3.8, 4) is 50.6 Å². The molecule has 2 heterocycles. The minimum Gasteiger partial charge on any atom is -0.309 e. The maximum Gasteiger partial charge on any atom is 0.160 e. The van der Waals surface area contributed by atoms with Crippen molar-refractivity contribution in [3.05, 3.63) is 173 Å². The van der Waals surface area contributed by atoms with E-state index in [1.54, 1.807) is 0 Å². The second kappa shape index (κ2) is 11.7. The number of para-hydroxylation sites is 1. The molecule has 2 aromatic heterocycles. The second-order valence-electron chi connectivity index (χ2n) is 15.3. The van der Waals surface area contributed by atoms with Gasteiger partial charge in [-0.3, -0.25) is 0 Å². The molecule has 0 spiro atoms. The van der Waals surface area contributed by atoms with Crippen LogP contribution in [0.15, 0.2) is 152 Å². The van der Waals surface area contributed by atoms with Crippen LogP contribution in [0, 0.1) is 0 Å². The molecule has 3 heteroatoms. The first-order chi connectivity index (χ1) is 26.5. The molecule has 0 radical (unpaired) electrons. The van der Waals surface area contributed by atoms with E-state index in [9.17, 15) is 0 Å². The molecule has 0 saturated carbocycles. The number of hydrogen-bond donors (Lipinski definition) is 0. The third kappa shape index (κ3) is 4.61. The Morgan fingerprint density at radius 2 is 1.19 bits per heavy atom. The van der Waals surface area contributed by atoms with Gasteiger partial charge < -0.3 is 4.57 Å². The predicted octanol–water partition coefficient (Wildman–Crippen LogP) is 11.4. The van der Waals surface area contributed by atoms with E-state index in [2.05, 4.69) is 182 Å². The van der Waals surface area contributed by atoms with Gasteiger partial charge in [-0.1, -0.05) is 135 Å². The van der Waals surface area contributed by atoms with E-state index in [1.165, 1.54) is 66.0 Å². The fourth-order valence-corrected chi connectivity index (χ4v) is 9.13. The zero-order chi connectivity index (χ0) is 36.0. The number of hydrogen-bond acceptors (Lipinski definition) is 2. The molecule has 54 heavy (non-hydrogen) atoms. The summed E-state index contributed by atoms with van der Waals surface area (Å²) in [6.45, 7) is 4.71. The van der Waals surface area contributed by atoms with Gasteiger partial charge in [0.05, 0.1) is 22.1 Å². The molecule has 0 atom stereocenters. The molecule has 0 bridgehead atoms. The van der Waals surface area contributed by atoms with E-state index in [4.69, 9.17) is 9.97 Å². The van der Waals surface area contributed by atoms with Crippen molar-refractivity contribution in [1.82, 2.24) is 14.5 Å². The highest BCUT2D eigenvalue weighted by atomic mass is 15.0. The van der Waals surface area contributed by atoms with Gasteiger partial charge in [-0.15, -0.1) is 0 Å². The summed E-state index contributed by atoms with van der Waals surface area (Å²) in [5.74, 6) is 0.749. The molecule has 0 saturated heterocycles. The summed E-state index contributed by atoms with van der Waals surface area (Å²) in [4.78, 5) is 10.4. The van der Waals surface area contributed by atoms with Gasteiger partial charge in [0.1, 0.15) is 0 Å². The van der Waals surface area contributed by atoms with E-state index >= 15 is 0 Å². The Morgan fingerprint density at radius 1 is 0.500 bits per heavy atom. The molecule has 0 unspecified atom stereocenters. The summed E-state index contributed by atoms with van der Waals surface area (Å²) in [5, 5.41) is 7.22. The Bertz CT molecular complexity index is 3100. The summed E-state index contributed by atoms with van der Waals surface area (Å²) in [6.07, 6.45) is 6.55. The summed E-state index contributed by atoms with van der Waals surface area (Å²) in [5.41, 5.74) is 14.5. The highest BCUT2D eigenvalue weighted by Gasteiger charge is 2.36. The van der Waals surface area contributed by atoms with Crippen LogP contribution in [0.25, 0.3) is 95.3 Å². The minimum absolute atomic E-state index is 0.0489. The molecule has 7 aromatic carbocycles. The average Bonchev–Trinajstić information content (AvgIpc) is 3.67. The van der Waals surface area contributed by atoms with Crippen LogP contribution in [0.2, 0.25) is 0 Å². The van der Waals surface area contributed by atoms with Gasteiger partial charge in [0.25, 0.3) is 0 Å². The van der Waals surface area contributed by atoms with E-state index in [1.807, 2.05) is 0 Å². The predicted molar refractivity (Wildman–Crippen MR) is 225 cm³/mol. The molecule has 9 aromatic rings. The second-order valence-corrected chi connectivity index (χ2v) is 15.3. The van der Waals surface area contributed by atoms with Crippen LogP contribution in [-0.4, -0.2) is 14.5 Å². The number of fused-ring (bicyclic) bond motifs is 8. The maximum atomic E-state index is 5.28. The van der Waals surface area contributed by atoms with E-state index in [-0.39, 0.29) is 5.41 Å². The van der Waals surface area contributed by atoms with Crippen molar-refractivity contribution >= 4 is 44.7 Å². The standard InChI is InChI=1S/C51H37N3/c1-51(2)44-19-8-5-15-39(44)42-31-48-43(30-45(42)51)40-16-7-10-21-47(40)54(48)36-28-26-35(27-29-36)50-52-46-20-9-6-17-41(46)49(53-50)34-24-22-33(23-25-34)38-18-11-13-32-12-3-4-14-37(32)38/h3-5,7-8,10-31H,6,9H2,1-2H3. The summed E-state index contributed by atoms with van der Waals surface area (Å²) in [7, 11) is 0. The molecular weight excluding hydrogens is 655 g/mol. The summed E-state index contributed by atoms with van der Waals surface area (Å²) < 4.78 is 2.42. The van der Waals surface area contributed by atoms with Crippen LogP contribution >= 0.6 is 0 Å². The molecule has 2 aliphatic rings. The highest BCUT2D eigenvalue weighted by Crippen LogP contribution is 2.51. The summed E-state index contributed by atoms with van der Waals surface area (Å²) in [6, 6.07) is 55.4. The topological polar surface area (TPSA) is 30.7 Å². The van der Waals surface area contributed by atoms with Crippen molar-refractivity contribution in [1.29, 1.82) is 0 Å². The van der Waals surface area contributed by atoms with Gasteiger partial charge in [0.15, 0.2) is 5.82 Å². The molecule has 0 N–H and O–H groups in total. The van der Waals surface area contributed by atoms with Crippen LogP contribution in [0.3, 0.4) is 0 Å². The molecule has 3 nitrogen and oxygen atoms in total. The zero-order valence-electron chi connectivity index (χ0n) is 30.3. The monoisotopic (exact) mass is 691 g/mol. The Labute approximate surface area is 314 Å². The number of aromatic nitrogens is 3. The van der Waals surface area contributed by atoms with Crippen molar-refractivity contribution < 1.29 is 0 Å². The van der Waals surface area contributed by atoms with Crippen LogP contribution in [-0.2, 0) is 5.41 Å². The fraction of sp³-hybridized carbons (Fsp3) is 0.0980. The van der Waals surface area contributed by atoms with Crippen molar-refractivity contribution in [3.63, 3.8) is 0 Å². The van der Waals surface area contributed by atoms with Gasteiger partial charge in [-0.25, -0.2) is 9.97 Å². The molecule has 11 rings (SSSR count). The Balaban J connectivity index is 1.01.